The van der Waals surface area contributed by atoms with Gasteiger partial charge in [-0.3, -0.25) is 9.78 Å². The molecule has 0 bridgehead atoms. The van der Waals surface area contributed by atoms with Crippen LogP contribution in [0.1, 0.15) is 35.7 Å². The first-order chi connectivity index (χ1) is 11.6. The lowest BCUT2D eigenvalue weighted by molar-refractivity contribution is -0.0766. The van der Waals surface area contributed by atoms with E-state index in [-0.39, 0.29) is 6.42 Å². The molecule has 2 heterocycles. The van der Waals surface area contributed by atoms with Crippen molar-refractivity contribution in [2.45, 2.75) is 25.5 Å². The number of hydrogen-bond donors (Lipinski definition) is 1. The van der Waals surface area contributed by atoms with Gasteiger partial charge < -0.3 is 9.84 Å². The Morgan fingerprint density at radius 3 is 2.88 bits per heavy atom. The van der Waals surface area contributed by atoms with Crippen LogP contribution in [0.2, 0.25) is 0 Å². The molecule has 24 heavy (non-hydrogen) atoms. The fourth-order valence-corrected chi connectivity index (χ4v) is 2.74. The van der Waals surface area contributed by atoms with Crippen LogP contribution in [0.4, 0.5) is 0 Å². The SMILES string of the molecule is CCC1=NN(C(=O)c2cccnc2)C(O)(c2cccc(OC)c2)C1. The van der Waals surface area contributed by atoms with E-state index in [4.69, 9.17) is 4.74 Å². The molecule has 0 spiro atoms. The highest BCUT2D eigenvalue weighted by Crippen LogP contribution is 2.38. The van der Waals surface area contributed by atoms with Crippen molar-refractivity contribution in [2.24, 2.45) is 5.10 Å². The van der Waals surface area contributed by atoms with Crippen LogP contribution in [0.3, 0.4) is 0 Å². The number of hydrogen-bond acceptors (Lipinski definition) is 5. The number of nitrogens with zero attached hydrogens (tertiary/aromatic N) is 3. The summed E-state index contributed by atoms with van der Waals surface area (Å²) in [6, 6.07) is 10.4. The maximum Gasteiger partial charge on any atom is 0.278 e. The molecular formula is C18H19N3O3. The lowest BCUT2D eigenvalue weighted by Gasteiger charge is -2.31. The molecule has 124 valence electrons. The molecule has 0 saturated heterocycles. The van der Waals surface area contributed by atoms with Gasteiger partial charge in [0.05, 0.1) is 12.7 Å². The van der Waals surface area contributed by atoms with Crippen LogP contribution in [0.25, 0.3) is 0 Å². The minimum absolute atomic E-state index is 0.267. The zero-order valence-corrected chi connectivity index (χ0v) is 13.6. The first-order valence-corrected chi connectivity index (χ1v) is 7.76. The van der Waals surface area contributed by atoms with Crippen molar-refractivity contribution >= 4 is 11.6 Å². The highest BCUT2D eigenvalue weighted by Gasteiger charge is 2.45. The summed E-state index contributed by atoms with van der Waals surface area (Å²) in [5, 5.41) is 16.8. The summed E-state index contributed by atoms with van der Waals surface area (Å²) in [4.78, 5) is 16.8. The molecule has 0 fully saturated rings. The normalized spacial score (nSPS) is 20.0. The molecule has 1 aromatic carbocycles. The number of amides is 1. The fraction of sp³-hybridized carbons (Fsp3) is 0.278. The van der Waals surface area contributed by atoms with Gasteiger partial charge in [0, 0.05) is 30.1 Å². The Kier molecular flexibility index (Phi) is 4.31. The number of ether oxygens (including phenoxy) is 1. The third-order valence-corrected chi connectivity index (χ3v) is 4.08. The Labute approximate surface area is 140 Å². The standard InChI is InChI=1S/C18H19N3O3/c1-3-15-11-18(23,14-7-4-8-16(10-14)24-2)21(20-15)17(22)13-6-5-9-19-12-13/h4-10,12,23H,3,11H2,1-2H3. The second kappa shape index (κ2) is 6.41. The minimum atomic E-state index is -1.53. The molecule has 1 aromatic heterocycles. The molecule has 0 radical (unpaired) electrons. The van der Waals surface area contributed by atoms with Gasteiger partial charge >= 0.3 is 0 Å². The van der Waals surface area contributed by atoms with Gasteiger partial charge in [-0.15, -0.1) is 0 Å². The van der Waals surface area contributed by atoms with Crippen LogP contribution in [-0.4, -0.2) is 33.8 Å². The summed E-state index contributed by atoms with van der Waals surface area (Å²) < 4.78 is 5.23. The van der Waals surface area contributed by atoms with E-state index >= 15 is 0 Å². The minimum Gasteiger partial charge on any atom is -0.497 e. The quantitative estimate of drug-likeness (QED) is 0.937. The number of methoxy groups -OCH3 is 1. The van der Waals surface area contributed by atoms with Crippen molar-refractivity contribution in [2.75, 3.05) is 7.11 Å². The molecular weight excluding hydrogens is 306 g/mol. The summed E-state index contributed by atoms with van der Waals surface area (Å²) in [6.45, 7) is 1.95. The first kappa shape index (κ1) is 16.1. The molecule has 3 rings (SSSR count). The Bertz CT molecular complexity index is 776. The molecule has 2 aromatic rings. The van der Waals surface area contributed by atoms with Gasteiger partial charge in [0.2, 0.25) is 0 Å². The lowest BCUT2D eigenvalue weighted by atomic mass is 9.96. The molecule has 1 amide bonds. The largest absolute Gasteiger partial charge is 0.497 e. The predicted molar refractivity (Wildman–Crippen MR) is 89.6 cm³/mol. The number of pyridine rings is 1. The second-order valence-corrected chi connectivity index (χ2v) is 5.60. The van der Waals surface area contributed by atoms with Crippen LogP contribution in [0.5, 0.6) is 5.75 Å². The van der Waals surface area contributed by atoms with Gasteiger partial charge in [0.15, 0.2) is 5.72 Å². The van der Waals surface area contributed by atoms with Crippen molar-refractivity contribution in [3.8, 4) is 5.75 Å². The smallest absolute Gasteiger partial charge is 0.278 e. The number of carbonyl (C=O) groups excluding carboxylic acids is 1. The van der Waals surface area contributed by atoms with Crippen LogP contribution in [-0.2, 0) is 5.72 Å². The second-order valence-electron chi connectivity index (χ2n) is 5.60. The van der Waals surface area contributed by atoms with Gasteiger partial charge in [-0.05, 0) is 30.7 Å². The number of aliphatic hydroxyl groups is 1. The average Bonchev–Trinajstić information content (AvgIpc) is 3.00. The summed E-state index contributed by atoms with van der Waals surface area (Å²) in [7, 11) is 1.56. The van der Waals surface area contributed by atoms with Crippen molar-refractivity contribution in [3.63, 3.8) is 0 Å². The zero-order chi connectivity index (χ0) is 17.2. The molecule has 0 saturated carbocycles. The van der Waals surface area contributed by atoms with Crippen molar-refractivity contribution in [1.29, 1.82) is 0 Å². The van der Waals surface area contributed by atoms with E-state index in [1.807, 2.05) is 6.92 Å². The first-order valence-electron chi connectivity index (χ1n) is 7.76. The maximum atomic E-state index is 12.8. The fourth-order valence-electron chi connectivity index (χ4n) is 2.74. The number of aromatic nitrogens is 1. The molecule has 1 N–H and O–H groups in total. The van der Waals surface area contributed by atoms with Gasteiger partial charge in [-0.2, -0.15) is 10.1 Å². The summed E-state index contributed by atoms with van der Waals surface area (Å²) in [5.74, 6) is 0.219. The van der Waals surface area contributed by atoms with Crippen LogP contribution < -0.4 is 4.74 Å². The monoisotopic (exact) mass is 325 g/mol. The summed E-state index contributed by atoms with van der Waals surface area (Å²) in [5.41, 5.74) is 0.163. The summed E-state index contributed by atoms with van der Waals surface area (Å²) >= 11 is 0. The van der Waals surface area contributed by atoms with E-state index in [1.54, 1.807) is 49.7 Å². The number of hydrazone groups is 1. The Morgan fingerprint density at radius 2 is 2.21 bits per heavy atom. The third kappa shape index (κ3) is 2.76. The Balaban J connectivity index is 2.03. The van der Waals surface area contributed by atoms with E-state index in [9.17, 15) is 9.90 Å². The van der Waals surface area contributed by atoms with E-state index < -0.39 is 11.6 Å². The van der Waals surface area contributed by atoms with E-state index in [0.29, 0.717) is 23.3 Å². The zero-order valence-electron chi connectivity index (χ0n) is 13.6. The van der Waals surface area contributed by atoms with Crippen LogP contribution >= 0.6 is 0 Å². The summed E-state index contributed by atoms with van der Waals surface area (Å²) in [6.07, 6.45) is 3.98. The van der Waals surface area contributed by atoms with Gasteiger partial charge in [0.1, 0.15) is 5.75 Å². The van der Waals surface area contributed by atoms with Gasteiger partial charge in [-0.25, -0.2) is 0 Å². The Hall–Kier alpha value is -2.73. The third-order valence-electron chi connectivity index (χ3n) is 4.08. The van der Waals surface area contributed by atoms with Gasteiger partial charge in [0.25, 0.3) is 5.91 Å². The molecule has 6 heteroatoms. The highest BCUT2D eigenvalue weighted by atomic mass is 16.5. The van der Waals surface area contributed by atoms with Crippen LogP contribution in [0, 0.1) is 0 Å². The van der Waals surface area contributed by atoms with Gasteiger partial charge in [-0.1, -0.05) is 19.1 Å². The van der Waals surface area contributed by atoms with E-state index in [1.165, 1.54) is 6.20 Å². The molecule has 1 atom stereocenters. The lowest BCUT2D eigenvalue weighted by Crippen LogP contribution is -2.43. The van der Waals surface area contributed by atoms with Crippen molar-refractivity contribution < 1.29 is 14.6 Å². The van der Waals surface area contributed by atoms with Crippen molar-refractivity contribution in [3.05, 3.63) is 59.9 Å². The Morgan fingerprint density at radius 1 is 1.38 bits per heavy atom. The molecule has 0 aliphatic carbocycles. The molecule has 6 nitrogen and oxygen atoms in total. The number of rotatable bonds is 4. The molecule has 1 unspecified atom stereocenters. The number of carbonyl (C=O) groups is 1. The number of benzene rings is 1. The predicted octanol–water partition coefficient (Wildman–Crippen LogP) is 2.55. The van der Waals surface area contributed by atoms with Crippen LogP contribution in [0.15, 0.2) is 53.9 Å². The van der Waals surface area contributed by atoms with E-state index in [0.717, 1.165) is 10.7 Å². The topological polar surface area (TPSA) is 75.0 Å². The average molecular weight is 325 g/mol. The molecule has 1 aliphatic heterocycles. The van der Waals surface area contributed by atoms with E-state index in [2.05, 4.69) is 10.1 Å². The maximum absolute atomic E-state index is 12.8. The molecule has 1 aliphatic rings. The van der Waals surface area contributed by atoms with Crippen molar-refractivity contribution in [1.82, 2.24) is 9.99 Å². The highest BCUT2D eigenvalue weighted by molar-refractivity contribution is 5.98.